The number of hydrogen-bond donors (Lipinski definition) is 0. The Kier molecular flexibility index (Phi) is 4.44. The molecule has 1 aromatic rings. The van der Waals surface area contributed by atoms with Gasteiger partial charge in [-0.1, -0.05) is 25.4 Å². The molecule has 6 heteroatoms. The van der Waals surface area contributed by atoms with E-state index in [9.17, 15) is 0 Å². The van der Waals surface area contributed by atoms with Crippen molar-refractivity contribution in [1.82, 2.24) is 9.97 Å². The largest absolute Gasteiger partial charge is 0.239 e. The summed E-state index contributed by atoms with van der Waals surface area (Å²) in [7, 11) is 0. The Bertz CT molecular complexity index is 391. The number of hydrogen-bond acceptors (Lipinski definition) is 4. The number of aromatic nitrogens is 2. The molecule has 1 fully saturated rings. The van der Waals surface area contributed by atoms with E-state index in [0.29, 0.717) is 20.9 Å². The molecule has 0 bridgehead atoms. The van der Waals surface area contributed by atoms with Crippen LogP contribution in [0, 0.1) is 0 Å². The summed E-state index contributed by atoms with van der Waals surface area (Å²) in [5, 5.41) is 2.20. The van der Waals surface area contributed by atoms with Gasteiger partial charge >= 0.3 is 0 Å². The second kappa shape index (κ2) is 5.46. The Morgan fingerprint density at radius 1 is 1.44 bits per heavy atom. The molecule has 0 saturated carbocycles. The van der Waals surface area contributed by atoms with Gasteiger partial charge in [0.05, 0.1) is 9.72 Å². The van der Waals surface area contributed by atoms with E-state index in [1.54, 1.807) is 6.20 Å². The standard InChI is InChI=1S/C10H12BrClN2S2/c1-5-6(2)16-8(4-15-5)10-13-3-7(11)9(12)14-10/h3,5-6,8H,4H2,1-2H3. The van der Waals surface area contributed by atoms with Crippen molar-refractivity contribution >= 4 is 51.1 Å². The molecule has 3 unspecified atom stereocenters. The van der Waals surface area contributed by atoms with Crippen LogP contribution in [0.4, 0.5) is 0 Å². The Morgan fingerprint density at radius 3 is 2.81 bits per heavy atom. The summed E-state index contributed by atoms with van der Waals surface area (Å²) >= 11 is 13.2. The van der Waals surface area contributed by atoms with Gasteiger partial charge in [0.1, 0.15) is 11.0 Å². The van der Waals surface area contributed by atoms with Crippen LogP contribution < -0.4 is 0 Å². The van der Waals surface area contributed by atoms with Crippen molar-refractivity contribution in [3.05, 3.63) is 21.6 Å². The first-order valence-corrected chi connectivity index (χ1v) is 8.19. The maximum absolute atomic E-state index is 5.98. The first-order chi connectivity index (χ1) is 7.58. The maximum Gasteiger partial charge on any atom is 0.146 e. The molecule has 1 aromatic heterocycles. The van der Waals surface area contributed by atoms with Crippen molar-refractivity contribution in [2.24, 2.45) is 0 Å². The van der Waals surface area contributed by atoms with E-state index in [0.717, 1.165) is 16.0 Å². The van der Waals surface area contributed by atoms with Crippen molar-refractivity contribution in [1.29, 1.82) is 0 Å². The number of rotatable bonds is 1. The maximum atomic E-state index is 5.98. The minimum Gasteiger partial charge on any atom is -0.239 e. The van der Waals surface area contributed by atoms with Crippen molar-refractivity contribution in [3.8, 4) is 0 Å². The highest BCUT2D eigenvalue weighted by atomic mass is 79.9. The molecule has 2 nitrogen and oxygen atoms in total. The van der Waals surface area contributed by atoms with Gasteiger partial charge in [0.2, 0.25) is 0 Å². The summed E-state index contributed by atoms with van der Waals surface area (Å²) in [5.74, 6) is 1.91. The van der Waals surface area contributed by atoms with Gasteiger partial charge in [-0.2, -0.15) is 11.8 Å². The van der Waals surface area contributed by atoms with Crippen LogP contribution in [0.1, 0.15) is 24.9 Å². The van der Waals surface area contributed by atoms with Gasteiger partial charge in [0.15, 0.2) is 0 Å². The molecule has 2 heterocycles. The predicted octanol–water partition coefficient (Wildman–Crippen LogP) is 4.19. The van der Waals surface area contributed by atoms with Gasteiger partial charge in [0.25, 0.3) is 0 Å². The fourth-order valence-electron chi connectivity index (χ4n) is 1.43. The summed E-state index contributed by atoms with van der Waals surface area (Å²) in [4.78, 5) is 8.67. The van der Waals surface area contributed by atoms with E-state index >= 15 is 0 Å². The highest BCUT2D eigenvalue weighted by molar-refractivity contribution is 9.10. The van der Waals surface area contributed by atoms with Gasteiger partial charge in [-0.3, -0.25) is 0 Å². The molecule has 2 rings (SSSR count). The second-order valence-electron chi connectivity index (χ2n) is 3.74. The average Bonchev–Trinajstić information content (AvgIpc) is 2.26. The zero-order valence-electron chi connectivity index (χ0n) is 8.98. The molecule has 1 saturated heterocycles. The molecule has 1 aliphatic rings. The summed E-state index contributed by atoms with van der Waals surface area (Å²) in [6.07, 6.45) is 1.73. The fraction of sp³-hybridized carbons (Fsp3) is 0.600. The topological polar surface area (TPSA) is 25.8 Å². The summed E-state index contributed by atoms with van der Waals surface area (Å²) < 4.78 is 0.757. The van der Waals surface area contributed by atoms with Crippen LogP contribution in [0.3, 0.4) is 0 Å². The minimum absolute atomic E-state index is 0.363. The summed E-state index contributed by atoms with van der Waals surface area (Å²) in [5.41, 5.74) is 0. The van der Waals surface area contributed by atoms with Gasteiger partial charge in [0, 0.05) is 22.4 Å². The number of nitrogens with zero attached hydrogens (tertiary/aromatic N) is 2. The zero-order valence-corrected chi connectivity index (χ0v) is 13.0. The van der Waals surface area contributed by atoms with E-state index in [1.165, 1.54) is 0 Å². The van der Waals surface area contributed by atoms with E-state index in [2.05, 4.69) is 39.7 Å². The zero-order chi connectivity index (χ0) is 11.7. The highest BCUT2D eigenvalue weighted by Crippen LogP contribution is 2.43. The lowest BCUT2D eigenvalue weighted by Gasteiger charge is -2.30. The molecule has 0 amide bonds. The van der Waals surface area contributed by atoms with Crippen LogP contribution in [0.15, 0.2) is 10.7 Å². The Balaban J connectivity index is 2.15. The molecule has 1 aliphatic heterocycles. The van der Waals surface area contributed by atoms with E-state index in [4.69, 9.17) is 11.6 Å². The van der Waals surface area contributed by atoms with Gasteiger partial charge in [-0.05, 0) is 15.9 Å². The van der Waals surface area contributed by atoms with Gasteiger partial charge in [-0.15, -0.1) is 11.8 Å². The van der Waals surface area contributed by atoms with E-state index in [-0.39, 0.29) is 0 Å². The quantitative estimate of drug-likeness (QED) is 0.717. The lowest BCUT2D eigenvalue weighted by Crippen LogP contribution is -2.22. The van der Waals surface area contributed by atoms with Crippen LogP contribution >= 0.6 is 51.1 Å². The molecule has 88 valence electrons. The summed E-state index contributed by atoms with van der Waals surface area (Å²) in [6.45, 7) is 4.53. The lowest BCUT2D eigenvalue weighted by atomic mass is 10.3. The molecule has 0 spiro atoms. The molecule has 3 atom stereocenters. The van der Waals surface area contributed by atoms with Crippen LogP contribution in [0.5, 0.6) is 0 Å². The lowest BCUT2D eigenvalue weighted by molar-refractivity contribution is 0.857. The third kappa shape index (κ3) is 2.86. The normalized spacial score (nSPS) is 30.4. The van der Waals surface area contributed by atoms with Crippen molar-refractivity contribution in [2.45, 2.75) is 29.6 Å². The van der Waals surface area contributed by atoms with Gasteiger partial charge < -0.3 is 0 Å². The minimum atomic E-state index is 0.363. The Morgan fingerprint density at radius 2 is 2.19 bits per heavy atom. The molecule has 0 N–H and O–H groups in total. The third-order valence-electron chi connectivity index (χ3n) is 2.56. The van der Waals surface area contributed by atoms with E-state index in [1.807, 2.05) is 23.5 Å². The number of halogens is 2. The van der Waals surface area contributed by atoms with Crippen molar-refractivity contribution < 1.29 is 0 Å². The van der Waals surface area contributed by atoms with Crippen molar-refractivity contribution in [2.75, 3.05) is 5.75 Å². The SMILES string of the molecule is CC1SCC(c2ncc(Br)c(Cl)n2)SC1C. The Hall–Kier alpha value is 0.550. The van der Waals surface area contributed by atoms with Crippen LogP contribution in [-0.2, 0) is 0 Å². The third-order valence-corrected chi connectivity index (χ3v) is 7.04. The second-order valence-corrected chi connectivity index (χ2v) is 7.94. The average molecular weight is 340 g/mol. The molecule has 0 aliphatic carbocycles. The molecule has 16 heavy (non-hydrogen) atoms. The monoisotopic (exact) mass is 338 g/mol. The first-order valence-electron chi connectivity index (χ1n) is 5.03. The van der Waals surface area contributed by atoms with E-state index < -0.39 is 0 Å². The summed E-state index contributed by atoms with van der Waals surface area (Å²) in [6, 6.07) is 0. The first kappa shape index (κ1) is 13.0. The predicted molar refractivity (Wildman–Crippen MR) is 76.5 cm³/mol. The number of thioether (sulfide) groups is 2. The highest BCUT2D eigenvalue weighted by Gasteiger charge is 2.28. The smallest absolute Gasteiger partial charge is 0.146 e. The molecular weight excluding hydrogens is 328 g/mol. The fourth-order valence-corrected chi connectivity index (χ4v) is 4.61. The van der Waals surface area contributed by atoms with Gasteiger partial charge in [-0.25, -0.2) is 9.97 Å². The molecular formula is C10H12BrClN2S2. The van der Waals surface area contributed by atoms with Crippen molar-refractivity contribution in [3.63, 3.8) is 0 Å². The van der Waals surface area contributed by atoms with Crippen LogP contribution in [0.25, 0.3) is 0 Å². The molecule has 0 aromatic carbocycles. The van der Waals surface area contributed by atoms with Crippen LogP contribution in [0.2, 0.25) is 5.15 Å². The van der Waals surface area contributed by atoms with Crippen LogP contribution in [-0.4, -0.2) is 26.2 Å². The molecule has 0 radical (unpaired) electrons. The Labute approximate surface area is 117 Å².